The highest BCUT2D eigenvalue weighted by atomic mass is 35.5. The minimum absolute atomic E-state index is 0.0566. The topological polar surface area (TPSA) is 108 Å². The number of phenolic OH excluding ortho intramolecular Hbond substituents is 1. The zero-order chi connectivity index (χ0) is 31.6. The van der Waals surface area contributed by atoms with Crippen molar-refractivity contribution in [3.05, 3.63) is 75.4 Å². The Balaban J connectivity index is 1.76. The molecule has 2 aliphatic heterocycles. The fourth-order valence-corrected chi connectivity index (χ4v) is 6.58. The first-order chi connectivity index (χ1) is 20.9. The van der Waals surface area contributed by atoms with E-state index in [1.54, 1.807) is 24.2 Å². The van der Waals surface area contributed by atoms with Crippen molar-refractivity contribution in [1.29, 1.82) is 0 Å². The number of aryl methyl sites for hydroxylation is 1. The van der Waals surface area contributed by atoms with Gasteiger partial charge in [0.05, 0.1) is 39.1 Å². The molecule has 1 aromatic carbocycles. The molecule has 44 heavy (non-hydrogen) atoms. The summed E-state index contributed by atoms with van der Waals surface area (Å²) in [6, 6.07) is 3.29. The minimum atomic E-state index is -1.33. The van der Waals surface area contributed by atoms with E-state index in [1.807, 2.05) is 30.6 Å². The van der Waals surface area contributed by atoms with E-state index in [9.17, 15) is 19.1 Å². The number of likely N-dealkylation sites (N-methyl/N-ethyl adjacent to an activating group) is 1. The van der Waals surface area contributed by atoms with Crippen molar-refractivity contribution < 1.29 is 18.7 Å². The molecular formula is C31H30ClF2N7O3. The molecule has 1 fully saturated rings. The third kappa shape index (κ3) is 4.47. The second-order valence-electron chi connectivity index (χ2n) is 11.4. The van der Waals surface area contributed by atoms with Gasteiger partial charge >= 0.3 is 5.69 Å². The lowest BCUT2D eigenvalue weighted by Gasteiger charge is -2.41. The van der Waals surface area contributed by atoms with E-state index in [0.29, 0.717) is 54.5 Å². The molecular weight excluding hydrogens is 592 g/mol. The number of benzene rings is 1. The van der Waals surface area contributed by atoms with Gasteiger partial charge in [-0.15, -0.1) is 0 Å². The number of halogens is 3. The zero-order valence-electron chi connectivity index (χ0n) is 24.6. The number of hydrogen-bond acceptors (Lipinski definition) is 8. The van der Waals surface area contributed by atoms with Gasteiger partial charge in [0.25, 0.3) is 0 Å². The third-order valence-electron chi connectivity index (χ3n) is 8.26. The summed E-state index contributed by atoms with van der Waals surface area (Å²) in [5, 5.41) is 11.1. The van der Waals surface area contributed by atoms with Crippen LogP contribution in [0.25, 0.3) is 28.0 Å². The van der Waals surface area contributed by atoms with Crippen molar-refractivity contribution in [2.75, 3.05) is 43.0 Å². The van der Waals surface area contributed by atoms with E-state index < -0.39 is 28.6 Å². The van der Waals surface area contributed by atoms with Crippen LogP contribution in [0.4, 0.5) is 20.3 Å². The number of carbonyl (C=O) groups excluding carboxylic acids is 1. The molecule has 1 amide bonds. The number of hydrogen-bond donors (Lipinski definition) is 1. The summed E-state index contributed by atoms with van der Waals surface area (Å²) in [5.41, 5.74) is 0.829. The molecule has 1 atom stereocenters. The molecule has 1 unspecified atom stereocenters. The Kier molecular flexibility index (Phi) is 7.27. The number of nitrogens with zero attached hydrogens (tertiary/aromatic N) is 7. The van der Waals surface area contributed by atoms with Gasteiger partial charge in [0.2, 0.25) is 5.91 Å². The highest BCUT2D eigenvalue weighted by Crippen LogP contribution is 2.47. The smallest absolute Gasteiger partial charge is 0.355 e. The molecule has 0 bridgehead atoms. The highest BCUT2D eigenvalue weighted by Gasteiger charge is 2.38. The standard InChI is InChI=1S/C31H30ClF2N7O3/c1-6-20(43)39-11-12-40-17(14-39)13-38(5)28-22-29(40)37-31(44)41(27-16(4)9-10-35-25(27)15(2)3)30(22)36-26(23(28)32)21-19(42)8-7-18(33)24(21)34/h6-10,15,17,42H,1,11-14H2,2-5H3. The third-order valence-corrected chi connectivity index (χ3v) is 8.62. The maximum absolute atomic E-state index is 15.4. The van der Waals surface area contributed by atoms with E-state index in [-0.39, 0.29) is 34.2 Å². The lowest BCUT2D eigenvalue weighted by Crippen LogP contribution is -2.57. The number of carbonyl (C=O) groups is 1. The number of piperazine rings is 1. The molecule has 3 aromatic heterocycles. The second-order valence-corrected chi connectivity index (χ2v) is 11.7. The number of phenols is 1. The predicted octanol–water partition coefficient (Wildman–Crippen LogP) is 4.56. The van der Waals surface area contributed by atoms with Crippen molar-refractivity contribution in [1.82, 2.24) is 24.4 Å². The summed E-state index contributed by atoms with van der Waals surface area (Å²) in [7, 11) is 1.78. The van der Waals surface area contributed by atoms with Crippen molar-refractivity contribution in [2.24, 2.45) is 0 Å². The van der Waals surface area contributed by atoms with Gasteiger partial charge in [-0.05, 0) is 42.7 Å². The lowest BCUT2D eigenvalue weighted by molar-refractivity contribution is -0.126. The van der Waals surface area contributed by atoms with Gasteiger partial charge in [-0.25, -0.2) is 23.1 Å². The number of aromatic hydroxyl groups is 1. The van der Waals surface area contributed by atoms with Crippen LogP contribution in [0.15, 0.2) is 41.8 Å². The lowest BCUT2D eigenvalue weighted by atomic mass is 10.0. The normalized spacial score (nSPS) is 16.4. The Bertz CT molecular complexity index is 1930. The number of fused-ring (bicyclic) bond motifs is 2. The van der Waals surface area contributed by atoms with E-state index >= 15 is 4.39 Å². The summed E-state index contributed by atoms with van der Waals surface area (Å²) in [6.07, 6.45) is 2.92. The summed E-state index contributed by atoms with van der Waals surface area (Å²) >= 11 is 7.01. The first-order valence-corrected chi connectivity index (χ1v) is 14.5. The van der Waals surface area contributed by atoms with Gasteiger partial charge in [0.1, 0.15) is 17.3 Å². The van der Waals surface area contributed by atoms with Gasteiger partial charge < -0.3 is 19.8 Å². The van der Waals surface area contributed by atoms with Gasteiger partial charge in [-0.3, -0.25) is 9.78 Å². The molecule has 4 aromatic rings. The summed E-state index contributed by atoms with van der Waals surface area (Å²) in [5.74, 6) is -3.09. The molecule has 6 rings (SSSR count). The zero-order valence-corrected chi connectivity index (χ0v) is 25.4. The Hall–Kier alpha value is -4.58. The first-order valence-electron chi connectivity index (χ1n) is 14.1. The van der Waals surface area contributed by atoms with Crippen LogP contribution in [0.3, 0.4) is 0 Å². The maximum Gasteiger partial charge on any atom is 0.355 e. The fourth-order valence-electron chi connectivity index (χ4n) is 6.20. The van der Waals surface area contributed by atoms with Crippen LogP contribution in [-0.2, 0) is 4.79 Å². The minimum Gasteiger partial charge on any atom is -0.507 e. The Morgan fingerprint density at radius 1 is 1.16 bits per heavy atom. The van der Waals surface area contributed by atoms with E-state index in [2.05, 4.69) is 16.5 Å². The maximum atomic E-state index is 15.4. The average molecular weight is 622 g/mol. The highest BCUT2D eigenvalue weighted by molar-refractivity contribution is 6.38. The molecule has 0 aliphatic carbocycles. The molecule has 0 radical (unpaired) electrons. The van der Waals surface area contributed by atoms with Crippen LogP contribution in [0.5, 0.6) is 5.75 Å². The quantitative estimate of drug-likeness (QED) is 0.331. The van der Waals surface area contributed by atoms with E-state index in [1.165, 1.54) is 10.6 Å². The molecule has 13 heteroatoms. The molecule has 1 N–H and O–H groups in total. The largest absolute Gasteiger partial charge is 0.507 e. The number of amides is 1. The van der Waals surface area contributed by atoms with Gasteiger partial charge in [-0.2, -0.15) is 4.98 Å². The monoisotopic (exact) mass is 621 g/mol. The molecule has 0 saturated carbocycles. The summed E-state index contributed by atoms with van der Waals surface area (Å²) < 4.78 is 31.2. The van der Waals surface area contributed by atoms with Crippen LogP contribution in [0, 0.1) is 18.6 Å². The van der Waals surface area contributed by atoms with Gasteiger partial charge in [0, 0.05) is 39.4 Å². The SMILES string of the molecule is C=CC(=O)N1CCN2c3nc(=O)n(-c4c(C)ccnc4C(C)C)c4nc(-c5c(O)ccc(F)c5F)c(Cl)c(c34)N(C)CC2C1. The Labute approximate surface area is 256 Å². The van der Waals surface area contributed by atoms with Gasteiger partial charge in [-0.1, -0.05) is 32.0 Å². The number of pyridine rings is 2. The van der Waals surface area contributed by atoms with Crippen molar-refractivity contribution in [2.45, 2.75) is 32.7 Å². The van der Waals surface area contributed by atoms with E-state index in [4.69, 9.17) is 16.6 Å². The number of rotatable bonds is 4. The van der Waals surface area contributed by atoms with E-state index in [0.717, 1.165) is 17.7 Å². The molecule has 228 valence electrons. The van der Waals surface area contributed by atoms with Gasteiger partial charge in [0.15, 0.2) is 17.3 Å². The van der Waals surface area contributed by atoms with Crippen LogP contribution in [0.2, 0.25) is 5.02 Å². The molecule has 10 nitrogen and oxygen atoms in total. The Morgan fingerprint density at radius 2 is 1.91 bits per heavy atom. The predicted molar refractivity (Wildman–Crippen MR) is 165 cm³/mol. The molecule has 5 heterocycles. The van der Waals surface area contributed by atoms with Crippen molar-refractivity contribution >= 4 is 40.0 Å². The average Bonchev–Trinajstić information content (AvgIpc) is 3.11. The number of anilines is 2. The van der Waals surface area contributed by atoms with Crippen LogP contribution in [-0.4, -0.2) is 74.7 Å². The molecule has 0 spiro atoms. The van der Waals surface area contributed by atoms with Crippen LogP contribution in [0.1, 0.15) is 31.0 Å². The summed E-state index contributed by atoms with van der Waals surface area (Å²) in [4.78, 5) is 46.0. The fraction of sp³-hybridized carbons (Fsp3) is 0.323. The second kappa shape index (κ2) is 10.8. The van der Waals surface area contributed by atoms with Crippen LogP contribution >= 0.6 is 11.6 Å². The first kappa shape index (κ1) is 29.5. The molecule has 2 aliphatic rings. The number of aromatic nitrogens is 4. The van der Waals surface area contributed by atoms with Crippen LogP contribution < -0.4 is 15.5 Å². The van der Waals surface area contributed by atoms with Crippen molar-refractivity contribution in [3.63, 3.8) is 0 Å². The Morgan fingerprint density at radius 3 is 2.61 bits per heavy atom. The summed E-state index contributed by atoms with van der Waals surface area (Å²) in [6.45, 7) is 10.7. The van der Waals surface area contributed by atoms with Crippen molar-refractivity contribution in [3.8, 4) is 22.7 Å². The molecule has 1 saturated heterocycles.